The average molecular weight is 352 g/mol. The van der Waals surface area contributed by atoms with Crippen LogP contribution in [0.2, 0.25) is 0 Å². The number of aromatic nitrogens is 1. The number of halogens is 4. The van der Waals surface area contributed by atoms with Crippen molar-refractivity contribution >= 4 is 5.91 Å². The van der Waals surface area contributed by atoms with Gasteiger partial charge in [-0.2, -0.15) is 18.2 Å². The molecule has 2 aromatic rings. The van der Waals surface area contributed by atoms with Crippen molar-refractivity contribution in [2.75, 3.05) is 0 Å². The number of carbonyl (C=O) groups is 1. The van der Waals surface area contributed by atoms with Crippen molar-refractivity contribution in [2.45, 2.75) is 32.5 Å². The van der Waals surface area contributed by atoms with Crippen LogP contribution < -0.4 is 5.49 Å². The van der Waals surface area contributed by atoms with E-state index in [0.29, 0.717) is 24.0 Å². The van der Waals surface area contributed by atoms with E-state index in [-0.39, 0.29) is 0 Å². The first-order valence-electron chi connectivity index (χ1n) is 7.88. The molecule has 1 aromatic heterocycles. The summed E-state index contributed by atoms with van der Waals surface area (Å²) in [6.45, 7) is 2.54. The summed E-state index contributed by atoms with van der Waals surface area (Å²) in [5, 5.41) is 0. The Morgan fingerprint density at radius 1 is 1.20 bits per heavy atom. The molecule has 0 N–H and O–H groups in total. The van der Waals surface area contributed by atoms with Crippen LogP contribution in [-0.2, 0) is 12.7 Å². The molecule has 25 heavy (non-hydrogen) atoms. The number of aryl methyl sites for hydroxylation is 1. The first-order chi connectivity index (χ1) is 11.8. The van der Waals surface area contributed by atoms with Crippen molar-refractivity contribution in [3.05, 3.63) is 64.5 Å². The summed E-state index contributed by atoms with van der Waals surface area (Å²) < 4.78 is 54.3. The van der Waals surface area contributed by atoms with Gasteiger partial charge in [-0.1, -0.05) is 12.1 Å². The topological polar surface area (TPSA) is 34.4 Å². The lowest BCUT2D eigenvalue weighted by Gasteiger charge is -2.11. The van der Waals surface area contributed by atoms with E-state index in [0.717, 1.165) is 30.7 Å². The zero-order valence-corrected chi connectivity index (χ0v) is 13.5. The normalized spacial score (nSPS) is 15.5. The monoisotopic (exact) mass is 352 g/mol. The predicted octanol–water partition coefficient (Wildman–Crippen LogP) is 4.11. The van der Waals surface area contributed by atoms with Gasteiger partial charge in [0.2, 0.25) is 0 Å². The van der Waals surface area contributed by atoms with Gasteiger partial charge in [-0.3, -0.25) is 4.79 Å². The van der Waals surface area contributed by atoms with Crippen LogP contribution >= 0.6 is 0 Å². The molecule has 0 spiro atoms. The SMILES string of the molecule is Cc1ccc/c(=N\C(=O)c2cccc(C(F)(F)F)c2F)n1CC1CC1. The van der Waals surface area contributed by atoms with E-state index >= 15 is 0 Å². The summed E-state index contributed by atoms with van der Waals surface area (Å²) >= 11 is 0. The van der Waals surface area contributed by atoms with Crippen molar-refractivity contribution < 1.29 is 22.4 Å². The first-order valence-corrected chi connectivity index (χ1v) is 7.88. The van der Waals surface area contributed by atoms with Gasteiger partial charge in [0.05, 0.1) is 11.1 Å². The van der Waals surface area contributed by atoms with Gasteiger partial charge >= 0.3 is 6.18 Å². The average Bonchev–Trinajstić information content (AvgIpc) is 3.33. The molecule has 1 heterocycles. The third-order valence-corrected chi connectivity index (χ3v) is 4.17. The standard InChI is InChI=1S/C18H16F4N2O/c1-11-4-2-7-15(24(11)10-12-8-9-12)23-17(25)13-5-3-6-14(16(13)19)18(20,21)22/h2-7,12H,8-10H2,1H3/b23-15+. The molecule has 0 radical (unpaired) electrons. The fourth-order valence-electron chi connectivity index (χ4n) is 2.61. The molecule has 1 aliphatic rings. The molecular formula is C18H16F4N2O. The number of pyridine rings is 1. The third-order valence-electron chi connectivity index (χ3n) is 4.17. The number of nitrogens with zero attached hydrogens (tertiary/aromatic N) is 2. The van der Waals surface area contributed by atoms with Crippen LogP contribution in [0.3, 0.4) is 0 Å². The van der Waals surface area contributed by atoms with Crippen LogP contribution in [0.4, 0.5) is 17.6 Å². The van der Waals surface area contributed by atoms with E-state index in [2.05, 4.69) is 4.99 Å². The summed E-state index contributed by atoms with van der Waals surface area (Å²) in [6, 6.07) is 7.77. The summed E-state index contributed by atoms with van der Waals surface area (Å²) in [5.41, 5.74) is -0.961. The number of benzene rings is 1. The van der Waals surface area contributed by atoms with Gasteiger partial charge in [0.1, 0.15) is 11.3 Å². The summed E-state index contributed by atoms with van der Waals surface area (Å²) in [5.74, 6) is -2.11. The van der Waals surface area contributed by atoms with Gasteiger partial charge in [-0.15, -0.1) is 0 Å². The van der Waals surface area contributed by atoms with Crippen molar-refractivity contribution in [1.82, 2.24) is 4.57 Å². The van der Waals surface area contributed by atoms with Gasteiger partial charge in [0, 0.05) is 12.2 Å². The summed E-state index contributed by atoms with van der Waals surface area (Å²) in [7, 11) is 0. The number of hydrogen-bond donors (Lipinski definition) is 0. The molecule has 1 amide bonds. The van der Waals surface area contributed by atoms with E-state index in [1.165, 1.54) is 0 Å². The maximum absolute atomic E-state index is 14.1. The van der Waals surface area contributed by atoms with Crippen LogP contribution in [0, 0.1) is 18.7 Å². The second-order valence-electron chi connectivity index (χ2n) is 6.16. The van der Waals surface area contributed by atoms with Crippen molar-refractivity contribution in [3.8, 4) is 0 Å². The number of alkyl halides is 3. The Morgan fingerprint density at radius 3 is 2.52 bits per heavy atom. The Labute approximate surface area is 141 Å². The van der Waals surface area contributed by atoms with Crippen molar-refractivity contribution in [1.29, 1.82) is 0 Å². The van der Waals surface area contributed by atoms with Gasteiger partial charge in [0.15, 0.2) is 0 Å². The molecule has 0 unspecified atom stereocenters. The van der Waals surface area contributed by atoms with Crippen LogP contribution in [0.15, 0.2) is 41.4 Å². The fraction of sp³-hybridized carbons (Fsp3) is 0.333. The van der Waals surface area contributed by atoms with E-state index < -0.39 is 29.0 Å². The minimum Gasteiger partial charge on any atom is -0.330 e. The third kappa shape index (κ3) is 3.81. The second-order valence-corrected chi connectivity index (χ2v) is 6.16. The lowest BCUT2D eigenvalue weighted by molar-refractivity contribution is -0.140. The minimum atomic E-state index is -4.87. The van der Waals surface area contributed by atoms with Crippen LogP contribution in [0.1, 0.15) is 34.5 Å². The molecule has 3 rings (SSSR count). The molecule has 1 fully saturated rings. The molecule has 0 bridgehead atoms. The van der Waals surface area contributed by atoms with E-state index in [1.54, 1.807) is 12.1 Å². The predicted molar refractivity (Wildman–Crippen MR) is 83.2 cm³/mol. The highest BCUT2D eigenvalue weighted by atomic mass is 19.4. The van der Waals surface area contributed by atoms with E-state index in [1.807, 2.05) is 17.6 Å². The van der Waals surface area contributed by atoms with Gasteiger partial charge in [0.25, 0.3) is 5.91 Å². The highest BCUT2D eigenvalue weighted by molar-refractivity contribution is 5.95. The Bertz CT molecular complexity index is 879. The van der Waals surface area contributed by atoms with Gasteiger partial charge in [-0.25, -0.2) is 4.39 Å². The molecule has 132 valence electrons. The number of carbonyl (C=O) groups excluding carboxylic acids is 1. The van der Waals surface area contributed by atoms with E-state index in [9.17, 15) is 22.4 Å². The lowest BCUT2D eigenvalue weighted by Crippen LogP contribution is -2.25. The largest absolute Gasteiger partial charge is 0.419 e. The molecule has 1 aliphatic carbocycles. The zero-order chi connectivity index (χ0) is 18.2. The van der Waals surface area contributed by atoms with Gasteiger partial charge in [-0.05, 0) is 49.9 Å². The van der Waals surface area contributed by atoms with Crippen LogP contribution in [-0.4, -0.2) is 10.5 Å². The summed E-state index contributed by atoms with van der Waals surface area (Å²) in [6.07, 6.45) is -2.68. The molecule has 3 nitrogen and oxygen atoms in total. The molecule has 0 saturated heterocycles. The molecular weight excluding hydrogens is 336 g/mol. The lowest BCUT2D eigenvalue weighted by atomic mass is 10.1. The molecule has 0 aliphatic heterocycles. The minimum absolute atomic E-state index is 0.314. The quantitative estimate of drug-likeness (QED) is 0.766. The van der Waals surface area contributed by atoms with Crippen LogP contribution in [0.5, 0.6) is 0 Å². The zero-order valence-electron chi connectivity index (χ0n) is 13.5. The van der Waals surface area contributed by atoms with Crippen molar-refractivity contribution in [2.24, 2.45) is 10.9 Å². The maximum atomic E-state index is 14.1. The molecule has 0 atom stereocenters. The molecule has 7 heteroatoms. The summed E-state index contributed by atoms with van der Waals surface area (Å²) in [4.78, 5) is 16.2. The smallest absolute Gasteiger partial charge is 0.330 e. The Kier molecular flexibility index (Phi) is 4.49. The number of rotatable bonds is 3. The highest BCUT2D eigenvalue weighted by Crippen LogP contribution is 2.32. The van der Waals surface area contributed by atoms with E-state index in [4.69, 9.17) is 0 Å². The maximum Gasteiger partial charge on any atom is 0.419 e. The first kappa shape index (κ1) is 17.4. The Balaban J connectivity index is 2.03. The highest BCUT2D eigenvalue weighted by Gasteiger charge is 2.35. The fourth-order valence-corrected chi connectivity index (χ4v) is 2.61. The van der Waals surface area contributed by atoms with Crippen LogP contribution in [0.25, 0.3) is 0 Å². The molecule has 1 saturated carbocycles. The molecule has 1 aromatic carbocycles. The van der Waals surface area contributed by atoms with Crippen molar-refractivity contribution in [3.63, 3.8) is 0 Å². The number of hydrogen-bond acceptors (Lipinski definition) is 1. The van der Waals surface area contributed by atoms with Gasteiger partial charge < -0.3 is 4.57 Å². The second kappa shape index (κ2) is 6.46. The Morgan fingerprint density at radius 2 is 1.88 bits per heavy atom. The number of amides is 1. The Hall–Kier alpha value is -2.44.